The fourth-order valence-corrected chi connectivity index (χ4v) is 4.77. The lowest BCUT2D eigenvalue weighted by Gasteiger charge is -2.39. The molecule has 2 amide bonds. The summed E-state index contributed by atoms with van der Waals surface area (Å²) in [5, 5.41) is 4.82. The van der Waals surface area contributed by atoms with Crippen molar-refractivity contribution in [3.8, 4) is 0 Å². The Bertz CT molecular complexity index is 1110. The van der Waals surface area contributed by atoms with Crippen LogP contribution in [0.2, 0.25) is 0 Å². The van der Waals surface area contributed by atoms with Crippen molar-refractivity contribution in [3.05, 3.63) is 87.6 Å². The summed E-state index contributed by atoms with van der Waals surface area (Å²) in [5.41, 5.74) is 1.83. The van der Waals surface area contributed by atoms with Gasteiger partial charge in [-0.1, -0.05) is 36.4 Å². The molecule has 0 fully saturated rings. The molecule has 0 saturated heterocycles. The minimum Gasteiger partial charge on any atom is -0.465 e. The highest BCUT2D eigenvalue weighted by Gasteiger charge is 2.43. The maximum absolute atomic E-state index is 13.6. The van der Waals surface area contributed by atoms with Crippen LogP contribution in [0.4, 0.5) is 5.69 Å². The molecule has 1 N–H and O–H groups in total. The number of fused-ring (bicyclic) bond motifs is 1. The SMILES string of the molecule is COC(=O)c1ccccc1NC(=O)C1c2ccccc2C(=O)N(C)C1c1cccs1. The molecular formula is C23H20N2O4S. The Balaban J connectivity index is 1.79. The fourth-order valence-electron chi connectivity index (χ4n) is 3.86. The number of nitrogens with one attached hydrogen (secondary N) is 1. The number of nitrogens with zero attached hydrogens (tertiary/aromatic N) is 1. The lowest BCUT2D eigenvalue weighted by atomic mass is 9.81. The van der Waals surface area contributed by atoms with Gasteiger partial charge in [0.2, 0.25) is 5.91 Å². The second-order valence-corrected chi connectivity index (χ2v) is 7.95. The first-order chi connectivity index (χ1) is 14.5. The Hall–Kier alpha value is -3.45. The molecule has 0 bridgehead atoms. The van der Waals surface area contributed by atoms with E-state index in [4.69, 9.17) is 4.74 Å². The van der Waals surface area contributed by atoms with Crippen molar-refractivity contribution in [2.75, 3.05) is 19.5 Å². The molecule has 0 radical (unpaired) electrons. The van der Waals surface area contributed by atoms with Gasteiger partial charge in [-0.3, -0.25) is 9.59 Å². The zero-order valence-electron chi connectivity index (χ0n) is 16.5. The highest BCUT2D eigenvalue weighted by Crippen LogP contribution is 2.43. The van der Waals surface area contributed by atoms with E-state index in [1.165, 1.54) is 18.4 Å². The standard InChI is InChI=1S/C23H20N2O4S/c1-25-20(18-12-7-13-30-18)19(14-8-3-4-9-15(14)22(25)27)21(26)24-17-11-6-5-10-16(17)23(28)29-2/h3-13,19-20H,1-2H3,(H,24,26). The molecule has 0 spiro atoms. The van der Waals surface area contributed by atoms with E-state index in [1.54, 1.807) is 48.3 Å². The Labute approximate surface area is 178 Å². The van der Waals surface area contributed by atoms with Crippen molar-refractivity contribution in [2.24, 2.45) is 0 Å². The molecule has 1 aliphatic heterocycles. The van der Waals surface area contributed by atoms with Crippen molar-refractivity contribution in [2.45, 2.75) is 12.0 Å². The van der Waals surface area contributed by atoms with Crippen molar-refractivity contribution in [1.82, 2.24) is 4.90 Å². The summed E-state index contributed by atoms with van der Waals surface area (Å²) in [6.07, 6.45) is 0. The van der Waals surface area contributed by atoms with Crippen molar-refractivity contribution >= 4 is 34.8 Å². The van der Waals surface area contributed by atoms with Gasteiger partial charge in [-0.15, -0.1) is 11.3 Å². The zero-order valence-corrected chi connectivity index (χ0v) is 17.3. The van der Waals surface area contributed by atoms with Gasteiger partial charge in [0.05, 0.1) is 30.3 Å². The Kier molecular flexibility index (Phi) is 5.37. The predicted octanol–water partition coefficient (Wildman–Crippen LogP) is 4.08. The molecule has 30 heavy (non-hydrogen) atoms. The molecule has 1 aliphatic rings. The maximum Gasteiger partial charge on any atom is 0.339 e. The third-order valence-electron chi connectivity index (χ3n) is 5.29. The van der Waals surface area contributed by atoms with E-state index < -0.39 is 17.9 Å². The number of para-hydroxylation sites is 1. The van der Waals surface area contributed by atoms with Gasteiger partial charge in [-0.2, -0.15) is 0 Å². The van der Waals surface area contributed by atoms with Crippen LogP contribution < -0.4 is 5.32 Å². The molecule has 2 atom stereocenters. The molecule has 2 aromatic carbocycles. The maximum atomic E-state index is 13.6. The van der Waals surface area contributed by atoms with Crippen LogP contribution in [0.1, 0.15) is 43.1 Å². The van der Waals surface area contributed by atoms with Gasteiger partial charge in [-0.05, 0) is 35.2 Å². The van der Waals surface area contributed by atoms with E-state index in [9.17, 15) is 14.4 Å². The van der Waals surface area contributed by atoms with E-state index in [0.717, 1.165) is 4.88 Å². The van der Waals surface area contributed by atoms with E-state index in [1.807, 2.05) is 29.6 Å². The molecule has 2 unspecified atom stereocenters. The number of anilines is 1. The van der Waals surface area contributed by atoms with Crippen LogP contribution in [-0.4, -0.2) is 36.8 Å². The van der Waals surface area contributed by atoms with Gasteiger partial charge < -0.3 is 15.0 Å². The normalized spacial score (nSPS) is 17.9. The number of benzene rings is 2. The zero-order chi connectivity index (χ0) is 21.3. The minimum absolute atomic E-state index is 0.122. The fraction of sp³-hybridized carbons (Fsp3) is 0.174. The van der Waals surface area contributed by atoms with E-state index in [0.29, 0.717) is 16.8 Å². The van der Waals surface area contributed by atoms with Crippen LogP contribution in [0.5, 0.6) is 0 Å². The number of hydrogen-bond acceptors (Lipinski definition) is 5. The van der Waals surface area contributed by atoms with Gasteiger partial charge in [0.15, 0.2) is 0 Å². The van der Waals surface area contributed by atoms with Gasteiger partial charge >= 0.3 is 5.97 Å². The smallest absolute Gasteiger partial charge is 0.339 e. The lowest BCUT2D eigenvalue weighted by Crippen LogP contribution is -2.43. The first kappa shape index (κ1) is 19.8. The van der Waals surface area contributed by atoms with Gasteiger partial charge in [-0.25, -0.2) is 4.79 Å². The summed E-state index contributed by atoms with van der Waals surface area (Å²) in [6.45, 7) is 0. The van der Waals surface area contributed by atoms with Crippen LogP contribution in [0.25, 0.3) is 0 Å². The number of methoxy groups -OCH3 is 1. The summed E-state index contributed by atoms with van der Waals surface area (Å²) >= 11 is 1.50. The third-order valence-corrected chi connectivity index (χ3v) is 6.23. The molecule has 0 aliphatic carbocycles. The lowest BCUT2D eigenvalue weighted by molar-refractivity contribution is -0.119. The average Bonchev–Trinajstić information content (AvgIpc) is 3.30. The number of likely N-dealkylation sites (N-methyl/N-ethyl adjacent to an activating group) is 1. The predicted molar refractivity (Wildman–Crippen MR) is 115 cm³/mol. The molecule has 152 valence electrons. The van der Waals surface area contributed by atoms with E-state index in [2.05, 4.69) is 5.32 Å². The third kappa shape index (κ3) is 3.37. The quantitative estimate of drug-likeness (QED) is 0.645. The first-order valence-corrected chi connectivity index (χ1v) is 10.3. The summed E-state index contributed by atoms with van der Waals surface area (Å²) in [4.78, 5) is 41.2. The van der Waals surface area contributed by atoms with E-state index >= 15 is 0 Å². The van der Waals surface area contributed by atoms with Crippen molar-refractivity contribution in [1.29, 1.82) is 0 Å². The second-order valence-electron chi connectivity index (χ2n) is 6.97. The van der Waals surface area contributed by atoms with Crippen LogP contribution in [0.15, 0.2) is 66.0 Å². The number of ether oxygens (including phenoxy) is 1. The van der Waals surface area contributed by atoms with Crippen LogP contribution >= 0.6 is 11.3 Å². The number of esters is 1. The van der Waals surface area contributed by atoms with Gasteiger partial charge in [0, 0.05) is 17.5 Å². The van der Waals surface area contributed by atoms with Gasteiger partial charge in [0.1, 0.15) is 0 Å². The highest BCUT2D eigenvalue weighted by atomic mass is 32.1. The number of hydrogen-bond donors (Lipinski definition) is 1. The monoisotopic (exact) mass is 420 g/mol. The topological polar surface area (TPSA) is 75.7 Å². The summed E-state index contributed by atoms with van der Waals surface area (Å²) in [5.74, 6) is -1.58. The molecule has 2 heterocycles. The number of carbonyl (C=O) groups excluding carboxylic acids is 3. The Morgan fingerprint density at radius 2 is 1.77 bits per heavy atom. The number of amides is 2. The molecule has 4 rings (SSSR count). The first-order valence-electron chi connectivity index (χ1n) is 9.40. The van der Waals surface area contributed by atoms with E-state index in [-0.39, 0.29) is 17.4 Å². The Morgan fingerprint density at radius 3 is 2.50 bits per heavy atom. The molecule has 6 nitrogen and oxygen atoms in total. The number of rotatable bonds is 4. The molecule has 0 saturated carbocycles. The molecular weight excluding hydrogens is 400 g/mol. The molecule has 1 aromatic heterocycles. The molecule has 7 heteroatoms. The summed E-state index contributed by atoms with van der Waals surface area (Å²) < 4.78 is 4.83. The summed E-state index contributed by atoms with van der Waals surface area (Å²) in [6, 6.07) is 17.3. The van der Waals surface area contributed by atoms with Crippen molar-refractivity contribution in [3.63, 3.8) is 0 Å². The van der Waals surface area contributed by atoms with Crippen molar-refractivity contribution < 1.29 is 19.1 Å². The minimum atomic E-state index is -0.631. The number of thiophene rings is 1. The highest BCUT2D eigenvalue weighted by molar-refractivity contribution is 7.10. The Morgan fingerprint density at radius 1 is 1.03 bits per heavy atom. The summed E-state index contributed by atoms with van der Waals surface area (Å²) in [7, 11) is 3.01. The van der Waals surface area contributed by atoms with Gasteiger partial charge in [0.25, 0.3) is 5.91 Å². The van der Waals surface area contributed by atoms with Crippen LogP contribution in [0, 0.1) is 0 Å². The number of carbonyl (C=O) groups is 3. The van der Waals surface area contributed by atoms with Crippen LogP contribution in [-0.2, 0) is 9.53 Å². The molecule has 3 aromatic rings. The largest absolute Gasteiger partial charge is 0.465 e. The second kappa shape index (κ2) is 8.12. The average molecular weight is 420 g/mol. The van der Waals surface area contributed by atoms with Crippen LogP contribution in [0.3, 0.4) is 0 Å².